The Morgan fingerprint density at radius 3 is 2.52 bits per heavy atom. The van der Waals surface area contributed by atoms with E-state index in [1.165, 1.54) is 42.4 Å². The van der Waals surface area contributed by atoms with Crippen LogP contribution in [0.2, 0.25) is 0 Å². The van der Waals surface area contributed by atoms with Gasteiger partial charge in [-0.3, -0.25) is 0 Å². The van der Waals surface area contributed by atoms with Crippen molar-refractivity contribution in [3.8, 4) is 0 Å². The van der Waals surface area contributed by atoms with Crippen molar-refractivity contribution in [1.29, 1.82) is 0 Å². The van der Waals surface area contributed by atoms with Crippen LogP contribution in [-0.4, -0.2) is 31.9 Å². The zero-order chi connectivity index (χ0) is 15.1. The number of hydrogen-bond donors (Lipinski definition) is 3. The van der Waals surface area contributed by atoms with Gasteiger partial charge in [-0.05, 0) is 75.2 Å². The fourth-order valence-electron chi connectivity index (χ4n) is 3.53. The van der Waals surface area contributed by atoms with Crippen LogP contribution in [0.25, 0.3) is 0 Å². The summed E-state index contributed by atoms with van der Waals surface area (Å²) in [6.45, 7) is 1.21. The minimum absolute atomic E-state index is 0.275. The number of aliphatic hydroxyl groups excluding tert-OH is 1. The van der Waals surface area contributed by atoms with Crippen LogP contribution in [0, 0.1) is 0 Å². The lowest BCUT2D eigenvalue weighted by molar-refractivity contribution is 0.288. The molecule has 0 amide bonds. The van der Waals surface area contributed by atoms with E-state index in [-0.39, 0.29) is 6.61 Å². The molecule has 118 valence electrons. The molecule has 0 saturated heterocycles. The van der Waals surface area contributed by atoms with Crippen molar-refractivity contribution in [2.45, 2.75) is 57.0 Å². The highest BCUT2D eigenvalue weighted by Gasteiger charge is 2.23. The molecule has 3 nitrogen and oxygen atoms in total. The molecule has 0 spiro atoms. The Morgan fingerprint density at radius 2 is 1.90 bits per heavy atom. The molecule has 0 aliphatic heterocycles. The molecular weight excluding hydrogens is 260 g/mol. The van der Waals surface area contributed by atoms with Crippen LogP contribution in [-0.2, 0) is 13.0 Å². The van der Waals surface area contributed by atoms with Crippen molar-refractivity contribution < 1.29 is 5.11 Å². The highest BCUT2D eigenvalue weighted by molar-refractivity contribution is 5.35. The quantitative estimate of drug-likeness (QED) is 0.723. The van der Waals surface area contributed by atoms with Crippen LogP contribution in [0.3, 0.4) is 0 Å². The highest BCUT2D eigenvalue weighted by atomic mass is 16.2. The summed E-state index contributed by atoms with van der Waals surface area (Å²) in [7, 11) is 4.09. The molecule has 0 unspecified atom stereocenters. The largest absolute Gasteiger partial charge is 0.396 e. The number of rotatable bonds is 7. The van der Waals surface area contributed by atoms with E-state index in [1.54, 1.807) is 0 Å². The summed E-state index contributed by atoms with van der Waals surface area (Å²) in [6, 6.07) is 7.64. The molecule has 2 rings (SSSR count). The third-order valence-corrected chi connectivity index (χ3v) is 4.77. The van der Waals surface area contributed by atoms with Gasteiger partial charge in [0.15, 0.2) is 0 Å². The third-order valence-electron chi connectivity index (χ3n) is 4.77. The summed E-state index contributed by atoms with van der Waals surface area (Å²) in [6.07, 6.45) is 6.97. The normalized spacial score (nSPS) is 22.4. The lowest BCUT2D eigenvalue weighted by atomic mass is 9.79. The molecule has 0 heterocycles. The summed E-state index contributed by atoms with van der Waals surface area (Å²) in [5, 5.41) is 15.7. The second-order valence-corrected chi connectivity index (χ2v) is 6.23. The van der Waals surface area contributed by atoms with Crippen LogP contribution in [0.15, 0.2) is 18.2 Å². The molecule has 1 aromatic carbocycles. The molecule has 3 heteroatoms. The summed E-state index contributed by atoms with van der Waals surface area (Å²) in [5.74, 6) is 0.713. The molecule has 21 heavy (non-hydrogen) atoms. The Hall–Kier alpha value is -0.900. The van der Waals surface area contributed by atoms with Gasteiger partial charge in [0.2, 0.25) is 0 Å². The predicted molar refractivity (Wildman–Crippen MR) is 88.7 cm³/mol. The van der Waals surface area contributed by atoms with Crippen molar-refractivity contribution in [3.63, 3.8) is 0 Å². The average Bonchev–Trinajstić information content (AvgIpc) is 2.53. The number of nitrogens with one attached hydrogen (secondary N) is 2. The van der Waals surface area contributed by atoms with Gasteiger partial charge in [-0.15, -0.1) is 0 Å². The van der Waals surface area contributed by atoms with E-state index < -0.39 is 0 Å². The van der Waals surface area contributed by atoms with Gasteiger partial charge >= 0.3 is 0 Å². The number of benzene rings is 1. The van der Waals surface area contributed by atoms with Gasteiger partial charge in [0.1, 0.15) is 0 Å². The summed E-state index contributed by atoms with van der Waals surface area (Å²) >= 11 is 0. The van der Waals surface area contributed by atoms with Crippen molar-refractivity contribution >= 4 is 0 Å². The van der Waals surface area contributed by atoms with Gasteiger partial charge in [-0.25, -0.2) is 0 Å². The second kappa shape index (κ2) is 8.52. The Kier molecular flexibility index (Phi) is 6.68. The molecule has 0 atom stereocenters. The maximum Gasteiger partial charge on any atom is 0.0434 e. The molecule has 0 aromatic heterocycles. The van der Waals surface area contributed by atoms with Gasteiger partial charge < -0.3 is 15.7 Å². The molecular formula is C18H30N2O. The minimum atomic E-state index is 0.275. The molecule has 0 radical (unpaired) electrons. The zero-order valence-corrected chi connectivity index (χ0v) is 13.5. The standard InChI is InChI=1S/C18H30N2O/c1-19-13-16-12-14(4-3-11-21)5-10-18(16)15-6-8-17(20-2)9-7-15/h5,10,12,15,17,19-21H,3-4,6-9,11,13H2,1-2H3/t15-,17-. The van der Waals surface area contributed by atoms with E-state index >= 15 is 0 Å². The Morgan fingerprint density at radius 1 is 1.14 bits per heavy atom. The van der Waals surface area contributed by atoms with Crippen molar-refractivity contribution in [2.75, 3.05) is 20.7 Å². The zero-order valence-electron chi connectivity index (χ0n) is 13.5. The van der Waals surface area contributed by atoms with Gasteiger partial charge in [0, 0.05) is 19.2 Å². The van der Waals surface area contributed by atoms with E-state index in [1.807, 2.05) is 7.05 Å². The second-order valence-electron chi connectivity index (χ2n) is 6.23. The van der Waals surface area contributed by atoms with E-state index in [2.05, 4.69) is 35.9 Å². The highest BCUT2D eigenvalue weighted by Crippen LogP contribution is 2.35. The molecule has 1 aromatic rings. The Bertz CT molecular complexity index is 425. The number of hydrogen-bond acceptors (Lipinski definition) is 3. The predicted octanol–water partition coefficient (Wildman–Crippen LogP) is 2.58. The Labute approximate surface area is 129 Å². The SMILES string of the molecule is CNCc1cc(CCCO)ccc1[C@H]1CC[C@H](NC)CC1. The molecule has 1 fully saturated rings. The van der Waals surface area contributed by atoms with E-state index in [0.717, 1.165) is 19.4 Å². The van der Waals surface area contributed by atoms with Crippen LogP contribution in [0.1, 0.15) is 54.7 Å². The summed E-state index contributed by atoms with van der Waals surface area (Å²) in [4.78, 5) is 0. The van der Waals surface area contributed by atoms with Gasteiger partial charge in [-0.2, -0.15) is 0 Å². The molecule has 1 aliphatic rings. The van der Waals surface area contributed by atoms with Crippen molar-refractivity contribution in [1.82, 2.24) is 10.6 Å². The minimum Gasteiger partial charge on any atom is -0.396 e. The van der Waals surface area contributed by atoms with Crippen LogP contribution in [0.5, 0.6) is 0 Å². The first kappa shape index (κ1) is 16.5. The first-order valence-corrected chi connectivity index (χ1v) is 8.33. The van der Waals surface area contributed by atoms with Crippen LogP contribution in [0.4, 0.5) is 0 Å². The first-order chi connectivity index (χ1) is 10.3. The summed E-state index contributed by atoms with van der Waals surface area (Å²) < 4.78 is 0. The topological polar surface area (TPSA) is 44.3 Å². The van der Waals surface area contributed by atoms with Crippen LogP contribution >= 0.6 is 0 Å². The van der Waals surface area contributed by atoms with Crippen LogP contribution < -0.4 is 10.6 Å². The van der Waals surface area contributed by atoms with Crippen molar-refractivity contribution in [3.05, 3.63) is 34.9 Å². The van der Waals surface area contributed by atoms with Gasteiger partial charge in [-0.1, -0.05) is 18.2 Å². The van der Waals surface area contributed by atoms with E-state index in [4.69, 9.17) is 5.11 Å². The van der Waals surface area contributed by atoms with E-state index in [0.29, 0.717) is 12.0 Å². The molecule has 1 saturated carbocycles. The van der Waals surface area contributed by atoms with Crippen molar-refractivity contribution in [2.24, 2.45) is 0 Å². The maximum atomic E-state index is 8.99. The first-order valence-electron chi connectivity index (χ1n) is 8.33. The molecule has 1 aliphatic carbocycles. The number of aliphatic hydroxyl groups is 1. The summed E-state index contributed by atoms with van der Waals surface area (Å²) in [5.41, 5.74) is 4.33. The van der Waals surface area contributed by atoms with Gasteiger partial charge in [0.05, 0.1) is 0 Å². The average molecular weight is 290 g/mol. The lowest BCUT2D eigenvalue weighted by Gasteiger charge is -2.30. The molecule has 0 bridgehead atoms. The number of aryl methyl sites for hydroxylation is 1. The van der Waals surface area contributed by atoms with E-state index in [9.17, 15) is 0 Å². The smallest absolute Gasteiger partial charge is 0.0434 e. The monoisotopic (exact) mass is 290 g/mol. The maximum absolute atomic E-state index is 8.99. The fraction of sp³-hybridized carbons (Fsp3) is 0.667. The fourth-order valence-corrected chi connectivity index (χ4v) is 3.53. The Balaban J connectivity index is 2.10. The molecule has 3 N–H and O–H groups in total. The third kappa shape index (κ3) is 4.53. The van der Waals surface area contributed by atoms with Gasteiger partial charge in [0.25, 0.3) is 0 Å². The lowest BCUT2D eigenvalue weighted by Crippen LogP contribution is -2.29.